The molecule has 1 aromatic carbocycles. The van der Waals surface area contributed by atoms with Crippen molar-refractivity contribution in [2.24, 2.45) is 17.8 Å². The lowest BCUT2D eigenvalue weighted by Crippen LogP contribution is -2.59. The summed E-state index contributed by atoms with van der Waals surface area (Å²) in [6.07, 6.45) is 8.89. The number of ketones is 1. The molecule has 4 saturated carbocycles. The molecule has 124 valence electrons. The summed E-state index contributed by atoms with van der Waals surface area (Å²) in [6.45, 7) is 4.78. The van der Waals surface area contributed by atoms with Crippen molar-refractivity contribution in [1.29, 1.82) is 0 Å². The maximum atomic E-state index is 12.5. The molecule has 1 aromatic rings. The first-order valence-electron chi connectivity index (χ1n) is 9.35. The average Bonchev–Trinajstić information content (AvgIpc) is 2.48. The van der Waals surface area contributed by atoms with Crippen LogP contribution in [0.3, 0.4) is 0 Å². The van der Waals surface area contributed by atoms with E-state index in [1.807, 2.05) is 0 Å². The molecule has 2 heteroatoms. The van der Waals surface area contributed by atoms with Crippen molar-refractivity contribution >= 4 is 5.78 Å². The van der Waals surface area contributed by atoms with Crippen molar-refractivity contribution in [3.63, 3.8) is 0 Å². The molecule has 4 aliphatic carbocycles. The molecular weight excluding hydrogens is 282 g/mol. The lowest BCUT2D eigenvalue weighted by Gasteiger charge is -2.57. The predicted octanol–water partition coefficient (Wildman–Crippen LogP) is 3.97. The molecule has 0 unspecified atom stereocenters. The zero-order chi connectivity index (χ0) is 16.0. The molecule has 0 heterocycles. The summed E-state index contributed by atoms with van der Waals surface area (Å²) in [6, 6.07) is 6.30. The third kappa shape index (κ3) is 2.98. The highest BCUT2D eigenvalue weighted by Crippen LogP contribution is 2.55. The van der Waals surface area contributed by atoms with E-state index in [2.05, 4.69) is 37.4 Å². The SMILES string of the molecule is Cc1cccc(C)c1CC(=O)CNC12CC3CC(CC(C3)C1)C2. The fourth-order valence-corrected chi connectivity index (χ4v) is 6.00. The van der Waals surface area contributed by atoms with Gasteiger partial charge in [0, 0.05) is 12.0 Å². The van der Waals surface area contributed by atoms with Crippen LogP contribution in [-0.4, -0.2) is 17.9 Å². The molecule has 23 heavy (non-hydrogen) atoms. The zero-order valence-electron chi connectivity index (χ0n) is 14.5. The van der Waals surface area contributed by atoms with Crippen LogP contribution in [-0.2, 0) is 11.2 Å². The van der Waals surface area contributed by atoms with Crippen molar-refractivity contribution in [1.82, 2.24) is 5.32 Å². The standard InChI is InChI=1S/C21H29NO/c1-14-4-3-5-15(2)20(14)9-19(23)13-22-21-10-16-6-17(11-21)8-18(7-16)12-21/h3-5,16-18,22H,6-13H2,1-2H3. The quantitative estimate of drug-likeness (QED) is 0.891. The highest BCUT2D eigenvalue weighted by atomic mass is 16.1. The molecule has 5 rings (SSSR count). The normalized spacial score (nSPS) is 34.8. The molecule has 0 radical (unpaired) electrons. The molecule has 4 bridgehead atoms. The smallest absolute Gasteiger partial charge is 0.151 e. The Hall–Kier alpha value is -1.15. The predicted molar refractivity (Wildman–Crippen MR) is 93.5 cm³/mol. The van der Waals surface area contributed by atoms with Gasteiger partial charge in [0.25, 0.3) is 0 Å². The molecule has 0 aromatic heterocycles. The van der Waals surface area contributed by atoms with E-state index in [9.17, 15) is 4.79 Å². The monoisotopic (exact) mass is 311 g/mol. The van der Waals surface area contributed by atoms with Gasteiger partial charge in [-0.25, -0.2) is 0 Å². The molecular formula is C21H29NO. The van der Waals surface area contributed by atoms with Crippen LogP contribution in [0, 0.1) is 31.6 Å². The van der Waals surface area contributed by atoms with Gasteiger partial charge in [0.05, 0.1) is 6.54 Å². The second kappa shape index (κ2) is 5.73. The highest BCUT2D eigenvalue weighted by Gasteiger charge is 2.50. The minimum atomic E-state index is 0.297. The lowest BCUT2D eigenvalue weighted by atomic mass is 9.53. The van der Waals surface area contributed by atoms with E-state index in [1.54, 1.807) is 0 Å². The minimum Gasteiger partial charge on any atom is -0.304 e. The number of rotatable bonds is 5. The zero-order valence-corrected chi connectivity index (χ0v) is 14.5. The maximum absolute atomic E-state index is 12.5. The van der Waals surface area contributed by atoms with Crippen molar-refractivity contribution in [3.05, 3.63) is 34.9 Å². The summed E-state index contributed by atoms with van der Waals surface area (Å²) in [5, 5.41) is 3.74. The Balaban J connectivity index is 1.39. The van der Waals surface area contributed by atoms with E-state index < -0.39 is 0 Å². The number of nitrogens with one attached hydrogen (secondary N) is 1. The number of carbonyl (C=O) groups is 1. The number of carbonyl (C=O) groups excluding carboxylic acids is 1. The maximum Gasteiger partial charge on any atom is 0.151 e. The summed E-state index contributed by atoms with van der Waals surface area (Å²) in [5.74, 6) is 3.14. The molecule has 0 aliphatic heterocycles. The Labute approximate surface area is 140 Å². The topological polar surface area (TPSA) is 29.1 Å². The van der Waals surface area contributed by atoms with Gasteiger partial charge in [-0.05, 0) is 86.8 Å². The summed E-state index contributed by atoms with van der Waals surface area (Å²) in [4.78, 5) is 12.5. The van der Waals surface area contributed by atoms with Crippen LogP contribution in [0.1, 0.15) is 55.2 Å². The fraction of sp³-hybridized carbons (Fsp3) is 0.667. The van der Waals surface area contributed by atoms with Gasteiger partial charge in [-0.15, -0.1) is 0 Å². The minimum absolute atomic E-state index is 0.297. The average molecular weight is 311 g/mol. The summed E-state index contributed by atoms with van der Waals surface area (Å²) in [7, 11) is 0. The fourth-order valence-electron chi connectivity index (χ4n) is 6.00. The van der Waals surface area contributed by atoms with Gasteiger partial charge >= 0.3 is 0 Å². The Morgan fingerprint density at radius 3 is 2.09 bits per heavy atom. The number of Topliss-reactive ketones (excluding diaryl/α,β-unsaturated/α-hetero) is 1. The second-order valence-corrected chi connectivity index (χ2v) is 8.64. The van der Waals surface area contributed by atoms with E-state index in [0.29, 0.717) is 24.3 Å². The van der Waals surface area contributed by atoms with Gasteiger partial charge < -0.3 is 5.32 Å². The van der Waals surface area contributed by atoms with E-state index in [4.69, 9.17) is 0 Å². The third-order valence-electron chi connectivity index (χ3n) is 6.72. The first-order chi connectivity index (χ1) is 11.0. The van der Waals surface area contributed by atoms with Crippen LogP contribution in [0.15, 0.2) is 18.2 Å². The van der Waals surface area contributed by atoms with Gasteiger partial charge in [-0.2, -0.15) is 0 Å². The molecule has 4 fully saturated rings. The Morgan fingerprint density at radius 2 is 1.57 bits per heavy atom. The number of benzene rings is 1. The van der Waals surface area contributed by atoms with Gasteiger partial charge in [-0.3, -0.25) is 4.79 Å². The lowest BCUT2D eigenvalue weighted by molar-refractivity contribution is -0.118. The number of hydrogen-bond acceptors (Lipinski definition) is 2. The molecule has 4 aliphatic rings. The van der Waals surface area contributed by atoms with Gasteiger partial charge in [0.1, 0.15) is 0 Å². The number of hydrogen-bond donors (Lipinski definition) is 1. The van der Waals surface area contributed by atoms with Crippen LogP contribution in [0.5, 0.6) is 0 Å². The first-order valence-corrected chi connectivity index (χ1v) is 9.35. The second-order valence-electron chi connectivity index (χ2n) is 8.64. The van der Waals surface area contributed by atoms with E-state index >= 15 is 0 Å². The van der Waals surface area contributed by atoms with Gasteiger partial charge in [0.2, 0.25) is 0 Å². The first kappa shape index (κ1) is 15.4. The van der Waals surface area contributed by atoms with Crippen LogP contribution in [0.25, 0.3) is 0 Å². The van der Waals surface area contributed by atoms with E-state index in [0.717, 1.165) is 17.8 Å². The summed E-state index contributed by atoms with van der Waals surface area (Å²) < 4.78 is 0. The Bertz CT molecular complexity index is 563. The molecule has 1 N–H and O–H groups in total. The number of aryl methyl sites for hydroxylation is 2. The van der Waals surface area contributed by atoms with Crippen LogP contribution in [0.4, 0.5) is 0 Å². The van der Waals surface area contributed by atoms with Crippen molar-refractivity contribution in [2.45, 2.75) is 64.3 Å². The van der Waals surface area contributed by atoms with E-state index in [1.165, 1.54) is 55.2 Å². The van der Waals surface area contributed by atoms with Crippen molar-refractivity contribution < 1.29 is 4.79 Å². The highest BCUT2D eigenvalue weighted by molar-refractivity contribution is 5.83. The molecule has 0 saturated heterocycles. The van der Waals surface area contributed by atoms with Crippen LogP contribution >= 0.6 is 0 Å². The van der Waals surface area contributed by atoms with Crippen molar-refractivity contribution in [2.75, 3.05) is 6.54 Å². The molecule has 0 amide bonds. The third-order valence-corrected chi connectivity index (χ3v) is 6.72. The molecule has 2 nitrogen and oxygen atoms in total. The Morgan fingerprint density at radius 1 is 1.04 bits per heavy atom. The van der Waals surface area contributed by atoms with E-state index in [-0.39, 0.29) is 0 Å². The van der Waals surface area contributed by atoms with Gasteiger partial charge in [0.15, 0.2) is 5.78 Å². The van der Waals surface area contributed by atoms with Gasteiger partial charge in [-0.1, -0.05) is 18.2 Å². The van der Waals surface area contributed by atoms with Crippen molar-refractivity contribution in [3.8, 4) is 0 Å². The molecule has 0 spiro atoms. The molecule has 0 atom stereocenters. The summed E-state index contributed by atoms with van der Waals surface area (Å²) >= 11 is 0. The Kier molecular flexibility index (Phi) is 3.84. The largest absolute Gasteiger partial charge is 0.304 e. The van der Waals surface area contributed by atoms with Crippen LogP contribution < -0.4 is 5.32 Å². The summed E-state index contributed by atoms with van der Waals surface area (Å²) in [5.41, 5.74) is 4.01. The van der Waals surface area contributed by atoms with Crippen LogP contribution in [0.2, 0.25) is 0 Å².